The number of quaternary nitrogens is 2. The topological polar surface area (TPSA) is 3.24 Å². The summed E-state index contributed by atoms with van der Waals surface area (Å²) in [5, 5.41) is 0. The van der Waals surface area contributed by atoms with Crippen molar-refractivity contribution in [1.82, 2.24) is 4.90 Å². The van der Waals surface area contributed by atoms with Crippen molar-refractivity contribution < 1.29 is 8.97 Å². The lowest BCUT2D eigenvalue weighted by molar-refractivity contribution is -0.892. The molecule has 0 N–H and O–H groups in total. The summed E-state index contributed by atoms with van der Waals surface area (Å²) < 4.78 is 2.36. The van der Waals surface area contributed by atoms with Crippen molar-refractivity contribution in [2.75, 3.05) is 74.5 Å². The Hall–Kier alpha value is -0.120. The van der Waals surface area contributed by atoms with Gasteiger partial charge in [0.25, 0.3) is 0 Å². The highest BCUT2D eigenvalue weighted by Crippen LogP contribution is 2.15. The summed E-state index contributed by atoms with van der Waals surface area (Å²) in [4.78, 5) is 2.59. The Balaban J connectivity index is 3.62. The van der Waals surface area contributed by atoms with Crippen molar-refractivity contribution in [2.24, 2.45) is 0 Å². The second-order valence-corrected chi connectivity index (χ2v) is 16.3. The van der Waals surface area contributed by atoms with Gasteiger partial charge in [-0.05, 0) is 32.7 Å². The Morgan fingerprint density at radius 3 is 0.727 bits per heavy atom. The average Bonchev–Trinajstić information content (AvgIpc) is 2.99. The van der Waals surface area contributed by atoms with Crippen LogP contribution in [-0.4, -0.2) is 88.4 Å². The van der Waals surface area contributed by atoms with E-state index in [1.807, 2.05) is 0 Å². The molecule has 0 aliphatic carbocycles. The lowest BCUT2D eigenvalue weighted by Gasteiger charge is -2.34. The molecule has 0 saturated heterocycles. The fourth-order valence-electron chi connectivity index (χ4n) is 6.69. The second kappa shape index (κ2) is 31.5. The molecule has 0 aromatic rings. The molecular weight excluding hydrogens is 534 g/mol. The first kappa shape index (κ1) is 43.9. The number of unbranched alkanes of at least 4 members (excludes halogenated alkanes) is 26. The van der Waals surface area contributed by atoms with Crippen molar-refractivity contribution in [3.05, 3.63) is 0 Å². The maximum absolute atomic E-state index is 2.59. The molecule has 0 aromatic heterocycles. The van der Waals surface area contributed by atoms with E-state index in [0.717, 1.165) is 0 Å². The van der Waals surface area contributed by atoms with Crippen LogP contribution in [0.3, 0.4) is 0 Å². The van der Waals surface area contributed by atoms with Crippen LogP contribution in [0.4, 0.5) is 0 Å². The summed E-state index contributed by atoms with van der Waals surface area (Å²) in [5.41, 5.74) is 0. The Kier molecular flexibility index (Phi) is 31.4. The summed E-state index contributed by atoms with van der Waals surface area (Å²) in [6.45, 7) is 12.3. The predicted octanol–water partition coefficient (Wildman–Crippen LogP) is 12.0. The third-order valence-electron chi connectivity index (χ3n) is 10.4. The van der Waals surface area contributed by atoms with E-state index in [2.05, 4.69) is 54.0 Å². The fraction of sp³-hybridized carbons (Fsp3) is 1.00. The standard InChI is InChI=1S/C41H89N3/c1-8-10-12-14-16-18-20-22-24-26-28-30-32-34-38-43(4,5)40-36-42(3)37-41-44(6,7)39-35-33-31-29-27-25-23-21-19-17-15-13-11-9-2/h8-41H2,1-7H3/q+2. The Morgan fingerprint density at radius 2 is 0.500 bits per heavy atom. The SMILES string of the molecule is CCCCCCCCCCCCCCCC[N+](C)(C)CCN(C)CC[N+](C)(C)CCCCCCCCCCCCCCCC. The smallest absolute Gasteiger partial charge is 0.0911 e. The third-order valence-corrected chi connectivity index (χ3v) is 10.4. The molecule has 3 nitrogen and oxygen atoms in total. The molecule has 0 aromatic carbocycles. The molecular formula is C41H89N3+2. The van der Waals surface area contributed by atoms with Gasteiger partial charge in [0.2, 0.25) is 0 Å². The number of nitrogens with zero attached hydrogens (tertiary/aromatic N) is 3. The second-order valence-electron chi connectivity index (χ2n) is 16.3. The van der Waals surface area contributed by atoms with Gasteiger partial charge in [-0.25, -0.2) is 0 Å². The van der Waals surface area contributed by atoms with Gasteiger partial charge in [-0.15, -0.1) is 0 Å². The van der Waals surface area contributed by atoms with Crippen molar-refractivity contribution in [2.45, 2.75) is 194 Å². The van der Waals surface area contributed by atoms with Gasteiger partial charge in [-0.3, -0.25) is 4.90 Å². The zero-order valence-electron chi connectivity index (χ0n) is 32.4. The summed E-state index contributed by atoms with van der Waals surface area (Å²) in [7, 11) is 12.1. The quantitative estimate of drug-likeness (QED) is 0.0496. The van der Waals surface area contributed by atoms with Crippen LogP contribution in [0.5, 0.6) is 0 Å². The van der Waals surface area contributed by atoms with Crippen LogP contribution in [0.15, 0.2) is 0 Å². The van der Waals surface area contributed by atoms with E-state index < -0.39 is 0 Å². The Morgan fingerprint density at radius 1 is 0.295 bits per heavy atom. The fourth-order valence-corrected chi connectivity index (χ4v) is 6.69. The highest BCUT2D eigenvalue weighted by atomic mass is 15.3. The molecule has 266 valence electrons. The van der Waals surface area contributed by atoms with E-state index in [-0.39, 0.29) is 0 Å². The lowest BCUT2D eigenvalue weighted by Crippen LogP contribution is -2.48. The van der Waals surface area contributed by atoms with Crippen LogP contribution in [0.25, 0.3) is 0 Å². The highest BCUT2D eigenvalue weighted by Gasteiger charge is 2.18. The largest absolute Gasteiger partial charge is 0.327 e. The monoisotopic (exact) mass is 624 g/mol. The van der Waals surface area contributed by atoms with Crippen LogP contribution in [0.2, 0.25) is 0 Å². The molecule has 0 radical (unpaired) electrons. The van der Waals surface area contributed by atoms with Gasteiger partial charge < -0.3 is 8.97 Å². The van der Waals surface area contributed by atoms with Gasteiger partial charge in [-0.2, -0.15) is 0 Å². The third kappa shape index (κ3) is 33.2. The van der Waals surface area contributed by atoms with Crippen LogP contribution in [0, 0.1) is 0 Å². The van der Waals surface area contributed by atoms with Crippen LogP contribution in [-0.2, 0) is 0 Å². The predicted molar refractivity (Wildman–Crippen MR) is 202 cm³/mol. The first-order valence-corrected chi connectivity index (χ1v) is 20.5. The van der Waals surface area contributed by atoms with E-state index in [4.69, 9.17) is 0 Å². The van der Waals surface area contributed by atoms with Gasteiger partial charge in [0.1, 0.15) is 0 Å². The molecule has 0 amide bonds. The number of likely N-dealkylation sites (N-methyl/N-ethyl adjacent to an activating group) is 3. The molecule has 0 bridgehead atoms. The normalized spacial score (nSPS) is 12.5. The molecule has 0 heterocycles. The van der Waals surface area contributed by atoms with Gasteiger partial charge in [0, 0.05) is 13.1 Å². The molecule has 0 rings (SSSR count). The number of rotatable bonds is 36. The first-order chi connectivity index (χ1) is 21.2. The Labute approximate surface area is 281 Å². The summed E-state index contributed by atoms with van der Waals surface area (Å²) in [6, 6.07) is 0. The van der Waals surface area contributed by atoms with Crippen molar-refractivity contribution in [1.29, 1.82) is 0 Å². The molecule has 0 saturated carbocycles. The molecule has 0 aliphatic rings. The molecule has 0 fully saturated rings. The summed E-state index contributed by atoms with van der Waals surface area (Å²) in [5.74, 6) is 0. The van der Waals surface area contributed by atoms with Crippen LogP contribution in [0.1, 0.15) is 194 Å². The highest BCUT2D eigenvalue weighted by molar-refractivity contribution is 4.54. The first-order valence-electron chi connectivity index (χ1n) is 20.5. The molecule has 3 heteroatoms. The summed E-state index contributed by atoms with van der Waals surface area (Å²) >= 11 is 0. The van der Waals surface area contributed by atoms with Crippen LogP contribution < -0.4 is 0 Å². The zero-order chi connectivity index (χ0) is 32.6. The Bertz CT molecular complexity index is 510. The minimum absolute atomic E-state index is 1.18. The van der Waals surface area contributed by atoms with Crippen molar-refractivity contribution >= 4 is 0 Å². The van der Waals surface area contributed by atoms with Gasteiger partial charge in [-0.1, -0.05) is 168 Å². The molecule has 0 spiro atoms. The molecule has 0 atom stereocenters. The van der Waals surface area contributed by atoms with E-state index in [0.29, 0.717) is 0 Å². The number of hydrogen-bond donors (Lipinski definition) is 0. The lowest BCUT2D eigenvalue weighted by atomic mass is 10.0. The van der Waals surface area contributed by atoms with Gasteiger partial charge in [0.15, 0.2) is 0 Å². The summed E-state index contributed by atoms with van der Waals surface area (Å²) in [6.07, 6.45) is 40.6. The minimum Gasteiger partial charge on any atom is -0.327 e. The van der Waals surface area contributed by atoms with E-state index >= 15 is 0 Å². The van der Waals surface area contributed by atoms with Gasteiger partial charge in [0.05, 0.1) is 54.4 Å². The van der Waals surface area contributed by atoms with Gasteiger partial charge >= 0.3 is 0 Å². The van der Waals surface area contributed by atoms with E-state index in [9.17, 15) is 0 Å². The van der Waals surface area contributed by atoms with E-state index in [1.165, 1.54) is 228 Å². The maximum atomic E-state index is 2.59. The minimum atomic E-state index is 1.18. The van der Waals surface area contributed by atoms with Crippen molar-refractivity contribution in [3.8, 4) is 0 Å². The molecule has 0 unspecified atom stereocenters. The average molecular weight is 624 g/mol. The number of hydrogen-bond acceptors (Lipinski definition) is 1. The van der Waals surface area contributed by atoms with Crippen LogP contribution >= 0.6 is 0 Å². The molecule has 0 aliphatic heterocycles. The zero-order valence-corrected chi connectivity index (χ0v) is 32.4. The molecule has 44 heavy (non-hydrogen) atoms. The van der Waals surface area contributed by atoms with E-state index in [1.54, 1.807) is 0 Å². The maximum Gasteiger partial charge on any atom is 0.0911 e. The van der Waals surface area contributed by atoms with Crippen molar-refractivity contribution in [3.63, 3.8) is 0 Å².